The van der Waals surface area contributed by atoms with Crippen LogP contribution in [-0.4, -0.2) is 33.7 Å². The van der Waals surface area contributed by atoms with Crippen LogP contribution in [0, 0.1) is 5.92 Å². The van der Waals surface area contributed by atoms with Crippen LogP contribution in [0.15, 0.2) is 24.4 Å². The molecule has 0 atom stereocenters. The SMILES string of the molecule is CC1CCN(C(=O)CCn2ncc3cc(Cl)ccc32)CC1. The Morgan fingerprint density at radius 1 is 1.38 bits per heavy atom. The zero-order chi connectivity index (χ0) is 14.8. The first-order chi connectivity index (χ1) is 10.1. The van der Waals surface area contributed by atoms with E-state index in [1.54, 1.807) is 6.20 Å². The maximum atomic E-state index is 12.3. The lowest BCUT2D eigenvalue weighted by molar-refractivity contribution is -0.132. The molecule has 0 unspecified atom stereocenters. The predicted molar refractivity (Wildman–Crippen MR) is 84.3 cm³/mol. The Morgan fingerprint density at radius 2 is 2.14 bits per heavy atom. The Morgan fingerprint density at radius 3 is 2.90 bits per heavy atom. The van der Waals surface area contributed by atoms with E-state index in [9.17, 15) is 4.79 Å². The highest BCUT2D eigenvalue weighted by molar-refractivity contribution is 6.31. The Kier molecular flexibility index (Phi) is 4.15. The molecule has 112 valence electrons. The fraction of sp³-hybridized carbons (Fsp3) is 0.500. The van der Waals surface area contributed by atoms with E-state index >= 15 is 0 Å². The predicted octanol–water partition coefficient (Wildman–Crippen LogP) is 3.34. The monoisotopic (exact) mass is 305 g/mol. The topological polar surface area (TPSA) is 38.1 Å². The minimum absolute atomic E-state index is 0.236. The number of benzene rings is 1. The number of rotatable bonds is 3. The van der Waals surface area contributed by atoms with Crippen LogP contribution in [0.2, 0.25) is 5.02 Å². The van der Waals surface area contributed by atoms with Crippen molar-refractivity contribution in [2.24, 2.45) is 5.92 Å². The number of aryl methyl sites for hydroxylation is 1. The van der Waals surface area contributed by atoms with Gasteiger partial charge in [-0.1, -0.05) is 18.5 Å². The normalized spacial score (nSPS) is 16.6. The van der Waals surface area contributed by atoms with Gasteiger partial charge in [-0.25, -0.2) is 0 Å². The van der Waals surface area contributed by atoms with Gasteiger partial charge in [-0.15, -0.1) is 0 Å². The van der Waals surface area contributed by atoms with E-state index in [4.69, 9.17) is 11.6 Å². The number of hydrogen-bond donors (Lipinski definition) is 0. The minimum Gasteiger partial charge on any atom is -0.343 e. The van der Waals surface area contributed by atoms with Crippen LogP contribution < -0.4 is 0 Å². The molecule has 1 saturated heterocycles. The average Bonchev–Trinajstić information content (AvgIpc) is 2.87. The molecule has 0 spiro atoms. The van der Waals surface area contributed by atoms with Crippen molar-refractivity contribution in [1.82, 2.24) is 14.7 Å². The van der Waals surface area contributed by atoms with E-state index < -0.39 is 0 Å². The third kappa shape index (κ3) is 3.21. The Hall–Kier alpha value is -1.55. The number of piperidine rings is 1. The molecule has 1 aliphatic heterocycles. The summed E-state index contributed by atoms with van der Waals surface area (Å²) in [7, 11) is 0. The fourth-order valence-corrected chi connectivity index (χ4v) is 3.03. The number of hydrogen-bond acceptors (Lipinski definition) is 2. The molecule has 3 rings (SSSR count). The molecule has 0 radical (unpaired) electrons. The molecule has 1 fully saturated rings. The lowest BCUT2D eigenvalue weighted by atomic mass is 9.99. The summed E-state index contributed by atoms with van der Waals surface area (Å²) in [6, 6.07) is 5.71. The number of halogens is 1. The smallest absolute Gasteiger partial charge is 0.224 e. The first-order valence-electron chi connectivity index (χ1n) is 7.52. The lowest BCUT2D eigenvalue weighted by Gasteiger charge is -2.30. The van der Waals surface area contributed by atoms with Crippen molar-refractivity contribution < 1.29 is 4.79 Å². The zero-order valence-electron chi connectivity index (χ0n) is 12.3. The molecule has 1 aromatic carbocycles. The Bertz CT molecular complexity index is 644. The van der Waals surface area contributed by atoms with Crippen molar-refractivity contribution in [2.75, 3.05) is 13.1 Å². The highest BCUT2D eigenvalue weighted by Gasteiger charge is 2.20. The molecule has 2 aromatic rings. The molecule has 0 bridgehead atoms. The van der Waals surface area contributed by atoms with Crippen molar-refractivity contribution in [1.29, 1.82) is 0 Å². The summed E-state index contributed by atoms with van der Waals surface area (Å²) in [5.74, 6) is 0.980. The number of nitrogens with zero attached hydrogens (tertiary/aromatic N) is 3. The van der Waals surface area contributed by atoms with Gasteiger partial charge in [0.15, 0.2) is 0 Å². The van der Waals surface area contributed by atoms with Gasteiger partial charge in [0, 0.05) is 29.9 Å². The molecule has 0 N–H and O–H groups in total. The van der Waals surface area contributed by atoms with Crippen LogP contribution >= 0.6 is 11.6 Å². The van der Waals surface area contributed by atoms with Gasteiger partial charge >= 0.3 is 0 Å². The fourth-order valence-electron chi connectivity index (χ4n) is 2.85. The molecule has 1 aliphatic rings. The number of amides is 1. The van der Waals surface area contributed by atoms with Gasteiger partial charge in [0.2, 0.25) is 5.91 Å². The van der Waals surface area contributed by atoms with Gasteiger partial charge in [-0.2, -0.15) is 5.10 Å². The molecule has 2 heterocycles. The number of aromatic nitrogens is 2. The molecular formula is C16H20ClN3O. The average molecular weight is 306 g/mol. The van der Waals surface area contributed by atoms with Crippen LogP contribution in [0.3, 0.4) is 0 Å². The minimum atomic E-state index is 0.236. The maximum Gasteiger partial charge on any atom is 0.224 e. The number of carbonyl (C=O) groups is 1. The van der Waals surface area contributed by atoms with Crippen molar-refractivity contribution in [3.8, 4) is 0 Å². The van der Waals surface area contributed by atoms with Crippen LogP contribution in [0.1, 0.15) is 26.2 Å². The van der Waals surface area contributed by atoms with Crippen molar-refractivity contribution in [2.45, 2.75) is 32.7 Å². The van der Waals surface area contributed by atoms with Crippen molar-refractivity contribution >= 4 is 28.4 Å². The van der Waals surface area contributed by atoms with E-state index in [1.807, 2.05) is 27.8 Å². The number of likely N-dealkylation sites (tertiary alicyclic amines) is 1. The summed E-state index contributed by atoms with van der Waals surface area (Å²) in [5, 5.41) is 6.08. The van der Waals surface area contributed by atoms with Gasteiger partial charge in [-0.3, -0.25) is 9.48 Å². The highest BCUT2D eigenvalue weighted by atomic mass is 35.5. The quantitative estimate of drug-likeness (QED) is 0.872. The largest absolute Gasteiger partial charge is 0.343 e. The van der Waals surface area contributed by atoms with Crippen molar-refractivity contribution in [3.05, 3.63) is 29.4 Å². The van der Waals surface area contributed by atoms with Gasteiger partial charge in [0.05, 0.1) is 18.3 Å². The molecule has 1 amide bonds. The van der Waals surface area contributed by atoms with E-state index in [1.165, 1.54) is 0 Å². The summed E-state index contributed by atoms with van der Waals surface area (Å²) in [6.07, 6.45) is 4.55. The summed E-state index contributed by atoms with van der Waals surface area (Å²) in [4.78, 5) is 14.2. The zero-order valence-corrected chi connectivity index (χ0v) is 13.0. The van der Waals surface area contributed by atoms with Gasteiger partial charge in [-0.05, 0) is 37.0 Å². The molecule has 5 heteroatoms. The third-order valence-corrected chi connectivity index (χ3v) is 4.51. The second-order valence-corrected chi connectivity index (χ2v) is 6.32. The number of fused-ring (bicyclic) bond motifs is 1. The van der Waals surface area contributed by atoms with Crippen LogP contribution in [0.25, 0.3) is 10.9 Å². The molecule has 1 aromatic heterocycles. The molecule has 0 saturated carbocycles. The first kappa shape index (κ1) is 14.4. The lowest BCUT2D eigenvalue weighted by Crippen LogP contribution is -2.38. The Balaban J connectivity index is 1.62. The van der Waals surface area contributed by atoms with Crippen LogP contribution in [0.5, 0.6) is 0 Å². The molecule has 0 aliphatic carbocycles. The highest BCUT2D eigenvalue weighted by Crippen LogP contribution is 2.20. The second kappa shape index (κ2) is 6.06. The van der Waals surface area contributed by atoms with Gasteiger partial charge in [0.1, 0.15) is 0 Å². The molecule has 21 heavy (non-hydrogen) atoms. The summed E-state index contributed by atoms with van der Waals surface area (Å²) < 4.78 is 1.89. The van der Waals surface area contributed by atoms with Crippen molar-refractivity contribution in [3.63, 3.8) is 0 Å². The Labute approximate surface area is 129 Å². The summed E-state index contributed by atoms with van der Waals surface area (Å²) in [5.41, 5.74) is 1.03. The van der Waals surface area contributed by atoms with E-state index in [-0.39, 0.29) is 5.91 Å². The number of carbonyl (C=O) groups excluding carboxylic acids is 1. The van der Waals surface area contributed by atoms with Gasteiger partial charge < -0.3 is 4.90 Å². The third-order valence-electron chi connectivity index (χ3n) is 4.28. The standard InChI is InChI=1S/C16H20ClN3O/c1-12-4-7-19(8-5-12)16(21)6-9-20-15-3-2-14(17)10-13(15)11-18-20/h2-3,10-12H,4-9H2,1H3. The van der Waals surface area contributed by atoms with Crippen LogP contribution in [0.4, 0.5) is 0 Å². The maximum absolute atomic E-state index is 12.3. The van der Waals surface area contributed by atoms with E-state index in [0.29, 0.717) is 18.0 Å². The second-order valence-electron chi connectivity index (χ2n) is 5.88. The van der Waals surface area contributed by atoms with E-state index in [2.05, 4.69) is 12.0 Å². The summed E-state index contributed by atoms with van der Waals surface area (Å²) in [6.45, 7) is 4.67. The molecular weight excluding hydrogens is 286 g/mol. The van der Waals surface area contributed by atoms with E-state index in [0.717, 1.165) is 42.8 Å². The van der Waals surface area contributed by atoms with Gasteiger partial charge in [0.25, 0.3) is 0 Å². The first-order valence-corrected chi connectivity index (χ1v) is 7.90. The van der Waals surface area contributed by atoms with Crippen LogP contribution in [-0.2, 0) is 11.3 Å². The summed E-state index contributed by atoms with van der Waals surface area (Å²) >= 11 is 5.97. The molecule has 4 nitrogen and oxygen atoms in total.